The number of hydrogen-bond donors (Lipinski definition) is 3. The lowest BCUT2D eigenvalue weighted by Gasteiger charge is -2.27. The lowest BCUT2D eigenvalue weighted by atomic mass is 9.83. The van der Waals surface area contributed by atoms with Gasteiger partial charge >= 0.3 is 0 Å². The lowest BCUT2D eigenvalue weighted by Crippen LogP contribution is -2.39. The second kappa shape index (κ2) is 7.19. The molecule has 8 heteroatoms. The molecular weight excluding hydrogens is 346 g/mol. The third kappa shape index (κ3) is 3.80. The molecule has 1 fully saturated rings. The van der Waals surface area contributed by atoms with E-state index in [1.807, 2.05) is 0 Å². The van der Waals surface area contributed by atoms with E-state index in [1.54, 1.807) is 6.08 Å². The van der Waals surface area contributed by atoms with Crippen molar-refractivity contribution in [2.75, 3.05) is 11.2 Å². The van der Waals surface area contributed by atoms with E-state index in [9.17, 15) is 20.0 Å². The summed E-state index contributed by atoms with van der Waals surface area (Å²) in [5.74, 6) is -0.131. The Kier molecular flexibility index (Phi) is 5.00. The van der Waals surface area contributed by atoms with Crippen LogP contribution in [0.2, 0.25) is 0 Å². The molecule has 1 aromatic carbocycles. The second-order valence-electron chi connectivity index (χ2n) is 6.31. The molecule has 0 spiro atoms. The lowest BCUT2D eigenvalue weighted by molar-refractivity contribution is -0.527. The van der Waals surface area contributed by atoms with Gasteiger partial charge in [-0.1, -0.05) is 12.1 Å². The highest BCUT2D eigenvalue weighted by molar-refractivity contribution is 6.18. The first-order valence-corrected chi connectivity index (χ1v) is 8.66. The van der Waals surface area contributed by atoms with E-state index in [2.05, 4.69) is 22.8 Å². The first kappa shape index (κ1) is 17.4. The summed E-state index contributed by atoms with van der Waals surface area (Å²) >= 11 is 5.75. The van der Waals surface area contributed by atoms with Crippen LogP contribution in [0.3, 0.4) is 0 Å². The Hall–Kier alpha value is -2.46. The average Bonchev–Trinajstić information content (AvgIpc) is 3.00. The third-order valence-electron chi connectivity index (χ3n) is 4.68. The number of amides is 1. The van der Waals surface area contributed by atoms with Crippen LogP contribution < -0.4 is 10.6 Å². The fourth-order valence-corrected chi connectivity index (χ4v) is 3.59. The molecule has 0 aromatic heterocycles. The van der Waals surface area contributed by atoms with E-state index in [-0.39, 0.29) is 28.5 Å². The van der Waals surface area contributed by atoms with E-state index < -0.39 is 6.04 Å². The summed E-state index contributed by atoms with van der Waals surface area (Å²) in [6.07, 6.45) is 3.87. The number of hydrogen-bond acceptors (Lipinski definition) is 5. The molecule has 1 heterocycles. The molecule has 1 saturated carbocycles. The summed E-state index contributed by atoms with van der Waals surface area (Å²) in [6, 6.07) is 6.25. The van der Waals surface area contributed by atoms with Crippen molar-refractivity contribution in [1.29, 1.82) is 0 Å². The van der Waals surface area contributed by atoms with E-state index in [0.717, 1.165) is 0 Å². The minimum absolute atomic E-state index is 0.0173. The number of anilines is 1. The summed E-state index contributed by atoms with van der Waals surface area (Å²) in [6.45, 7) is 0. The number of nitrogens with zero attached hydrogens (tertiary/aromatic N) is 1. The number of alkyl halides is 1. The standard InChI is InChI=1S/C17H18ClN3O4/c18-6-5-10-1-3-13(22)9-15(10)20-17(23)16-8-11-7-12(21(24)25)2-4-14(11)19-16/h8-9,11-12,14,19,22H,2,4-7H2,(H,20,23)/t11-,12?,14?/m1/s1. The zero-order valence-corrected chi connectivity index (χ0v) is 14.2. The molecule has 7 nitrogen and oxygen atoms in total. The topological polar surface area (TPSA) is 104 Å². The van der Waals surface area contributed by atoms with Crippen LogP contribution in [-0.2, 0) is 11.2 Å². The van der Waals surface area contributed by atoms with Gasteiger partial charge in [-0.25, -0.2) is 0 Å². The Morgan fingerprint density at radius 2 is 2.28 bits per heavy atom. The summed E-state index contributed by atoms with van der Waals surface area (Å²) in [5.41, 5.74) is 1.50. The second-order valence-corrected chi connectivity index (χ2v) is 6.69. The number of nitro groups is 1. The molecule has 0 saturated heterocycles. The number of nitrogens with one attached hydrogen (secondary N) is 2. The van der Waals surface area contributed by atoms with Gasteiger partial charge in [0, 0.05) is 47.2 Å². The van der Waals surface area contributed by atoms with Gasteiger partial charge in [-0.3, -0.25) is 14.9 Å². The van der Waals surface area contributed by atoms with Gasteiger partial charge in [0.2, 0.25) is 6.04 Å². The van der Waals surface area contributed by atoms with Crippen molar-refractivity contribution in [2.24, 2.45) is 5.92 Å². The first-order valence-electron chi connectivity index (χ1n) is 8.13. The van der Waals surface area contributed by atoms with Crippen LogP contribution >= 0.6 is 11.6 Å². The van der Waals surface area contributed by atoms with Crippen molar-refractivity contribution >= 4 is 23.2 Å². The van der Waals surface area contributed by atoms with Crippen LogP contribution in [0.5, 0.6) is 5.75 Å². The molecule has 2 unspecified atom stereocenters. The van der Waals surface area contributed by atoms with Crippen molar-refractivity contribution in [3.63, 3.8) is 0 Å². The predicted octanol–water partition coefficient (Wildman–Crippen LogP) is 2.01. The predicted molar refractivity (Wildman–Crippen MR) is 92.0 cm³/mol. The van der Waals surface area contributed by atoms with E-state index >= 15 is 0 Å². The average molecular weight is 364 g/mol. The molecule has 0 radical (unpaired) electrons. The number of halogens is 1. The number of carbonyl (C=O) groups is 1. The molecular formula is C17H18ClN3O4. The Balaban J connectivity index is 1.71. The summed E-state index contributed by atoms with van der Waals surface area (Å²) in [5, 5.41) is 26.4. The van der Waals surface area contributed by atoms with Crippen LogP contribution in [0.4, 0.5) is 5.69 Å². The highest BCUT2D eigenvalue weighted by Gasteiger charge is 2.39. The van der Waals surface area contributed by atoms with Crippen LogP contribution in [0.25, 0.3) is 0 Å². The van der Waals surface area contributed by atoms with E-state index in [0.29, 0.717) is 48.5 Å². The molecule has 1 aromatic rings. The maximum atomic E-state index is 12.5. The first-order chi connectivity index (χ1) is 12.0. The van der Waals surface area contributed by atoms with Crippen molar-refractivity contribution < 1.29 is 14.8 Å². The minimum atomic E-state index is -0.548. The van der Waals surface area contributed by atoms with Gasteiger partial charge in [-0.2, -0.15) is 0 Å². The highest BCUT2D eigenvalue weighted by atomic mass is 35.5. The minimum Gasteiger partial charge on any atom is -0.501 e. The molecule has 25 heavy (non-hydrogen) atoms. The Morgan fingerprint density at radius 3 is 3.00 bits per heavy atom. The van der Waals surface area contributed by atoms with Gasteiger partial charge in [-0.05, 0) is 18.9 Å². The smallest absolute Gasteiger partial charge is 0.271 e. The summed E-state index contributed by atoms with van der Waals surface area (Å²) in [7, 11) is 0. The van der Waals surface area contributed by atoms with Crippen molar-refractivity contribution in [3.8, 4) is 5.75 Å². The maximum Gasteiger partial charge on any atom is 0.271 e. The normalized spacial score (nSPS) is 24.5. The molecule has 3 atom stereocenters. The Morgan fingerprint density at radius 1 is 1.48 bits per heavy atom. The van der Waals surface area contributed by atoms with Crippen molar-refractivity contribution in [2.45, 2.75) is 37.8 Å². The molecule has 1 amide bonds. The highest BCUT2D eigenvalue weighted by Crippen LogP contribution is 2.33. The fourth-order valence-electron chi connectivity index (χ4n) is 3.40. The van der Waals surface area contributed by atoms with Crippen molar-refractivity contribution in [3.05, 3.63) is 45.6 Å². The Bertz CT molecular complexity index is 722. The number of fused-ring (bicyclic) bond motifs is 1. The van der Waals surface area contributed by atoms with Gasteiger partial charge in [0.25, 0.3) is 5.91 Å². The van der Waals surface area contributed by atoms with E-state index in [1.165, 1.54) is 6.07 Å². The molecule has 2 aliphatic rings. The fraction of sp³-hybridized carbons (Fsp3) is 0.471. The number of aromatic hydroxyl groups is 1. The zero-order valence-electron chi connectivity index (χ0n) is 13.4. The van der Waals surface area contributed by atoms with Gasteiger partial charge < -0.3 is 15.7 Å². The molecule has 3 rings (SSSR count). The van der Waals surface area contributed by atoms with Crippen molar-refractivity contribution in [1.82, 2.24) is 5.32 Å². The largest absolute Gasteiger partial charge is 0.501 e. The zero-order chi connectivity index (χ0) is 18.0. The van der Waals surface area contributed by atoms with Gasteiger partial charge in [0.15, 0.2) is 5.75 Å². The third-order valence-corrected chi connectivity index (χ3v) is 4.87. The van der Waals surface area contributed by atoms with Crippen LogP contribution in [0, 0.1) is 28.2 Å². The molecule has 0 bridgehead atoms. The van der Waals surface area contributed by atoms with Crippen LogP contribution in [-0.4, -0.2) is 33.9 Å². The van der Waals surface area contributed by atoms with Gasteiger partial charge in [0.05, 0.1) is 11.4 Å². The summed E-state index contributed by atoms with van der Waals surface area (Å²) in [4.78, 5) is 23.3. The quantitative estimate of drug-likeness (QED) is 0.421. The Labute approximate surface area is 150 Å². The van der Waals surface area contributed by atoms with Gasteiger partial charge in [0.1, 0.15) is 0 Å². The molecule has 1 aliphatic carbocycles. The maximum absolute atomic E-state index is 12.5. The van der Waals surface area contributed by atoms with Crippen LogP contribution in [0.15, 0.2) is 17.8 Å². The van der Waals surface area contributed by atoms with Crippen LogP contribution in [0.1, 0.15) is 24.8 Å². The van der Waals surface area contributed by atoms with E-state index in [4.69, 9.17) is 11.6 Å². The number of carbonyl (C=O) groups excluding carboxylic acids is 1. The SMILES string of the molecule is O=C(Nc1cc(O)c#cc1CCCl)C1=C[C@H]2CC([N+](=O)[O-])CCC2N1. The monoisotopic (exact) mass is 363 g/mol. The molecule has 1 aliphatic heterocycles. The van der Waals surface area contributed by atoms with Gasteiger partial charge in [-0.15, -0.1) is 11.6 Å². The summed E-state index contributed by atoms with van der Waals surface area (Å²) < 4.78 is 0. The molecule has 132 valence electrons. The molecule has 3 N–H and O–H groups in total. The number of rotatable bonds is 5.